The molecule has 3 rings (SSSR count). The summed E-state index contributed by atoms with van der Waals surface area (Å²) in [6.45, 7) is 1.58. The quantitative estimate of drug-likeness (QED) is 0.651. The minimum absolute atomic E-state index is 0.0300. The van der Waals surface area contributed by atoms with Gasteiger partial charge in [0.15, 0.2) is 6.61 Å². The van der Waals surface area contributed by atoms with E-state index in [-0.39, 0.29) is 30.9 Å². The standard InChI is InChI=1S/C22H24N2O4S/c1-15(11-12-16-7-3-2-4-8-16)23-20(25)14-28-21(26)13-19-22(27)24-17-9-5-6-10-18(17)29-19/h2-10,15,19H,11-14H2,1H3,(H,23,25)(H,24,27)/t15-,19-/m0/s1. The monoisotopic (exact) mass is 412 g/mol. The summed E-state index contributed by atoms with van der Waals surface area (Å²) in [6.07, 6.45) is 1.57. The van der Waals surface area contributed by atoms with E-state index < -0.39 is 11.2 Å². The van der Waals surface area contributed by atoms with E-state index in [0.717, 1.165) is 23.4 Å². The van der Waals surface area contributed by atoms with Crippen LogP contribution in [0, 0.1) is 0 Å². The summed E-state index contributed by atoms with van der Waals surface area (Å²) >= 11 is 1.33. The number of fused-ring (bicyclic) bond motifs is 1. The van der Waals surface area contributed by atoms with Gasteiger partial charge in [0.25, 0.3) is 5.91 Å². The molecule has 29 heavy (non-hydrogen) atoms. The van der Waals surface area contributed by atoms with E-state index in [2.05, 4.69) is 10.6 Å². The molecule has 1 aliphatic rings. The first-order valence-corrected chi connectivity index (χ1v) is 10.4. The van der Waals surface area contributed by atoms with Gasteiger partial charge in [-0.05, 0) is 37.5 Å². The van der Waals surface area contributed by atoms with Crippen LogP contribution >= 0.6 is 11.8 Å². The Kier molecular flexibility index (Phi) is 7.30. The molecule has 2 aromatic rings. The highest BCUT2D eigenvalue weighted by Gasteiger charge is 2.29. The number of amides is 2. The lowest BCUT2D eigenvalue weighted by molar-refractivity contribution is -0.149. The van der Waals surface area contributed by atoms with Crippen molar-refractivity contribution in [2.24, 2.45) is 0 Å². The van der Waals surface area contributed by atoms with E-state index in [1.54, 1.807) is 0 Å². The molecule has 0 radical (unpaired) electrons. The maximum Gasteiger partial charge on any atom is 0.307 e. The second-order valence-corrected chi connectivity index (χ2v) is 8.19. The molecule has 0 fully saturated rings. The molecule has 1 aliphatic heterocycles. The smallest absolute Gasteiger partial charge is 0.307 e. The molecule has 0 saturated heterocycles. The Labute approximate surface area is 174 Å². The van der Waals surface area contributed by atoms with Crippen molar-refractivity contribution < 1.29 is 19.1 Å². The van der Waals surface area contributed by atoms with Crippen LogP contribution in [-0.2, 0) is 25.5 Å². The molecule has 1 heterocycles. The lowest BCUT2D eigenvalue weighted by atomic mass is 10.1. The average Bonchev–Trinajstić information content (AvgIpc) is 2.72. The number of rotatable bonds is 8. The number of nitrogens with one attached hydrogen (secondary N) is 2. The average molecular weight is 413 g/mol. The summed E-state index contributed by atoms with van der Waals surface area (Å²) in [5, 5.41) is 5.05. The van der Waals surface area contributed by atoms with Crippen LogP contribution < -0.4 is 10.6 Å². The van der Waals surface area contributed by atoms with Crippen LogP contribution in [0.1, 0.15) is 25.3 Å². The molecule has 2 atom stereocenters. The molecule has 0 aliphatic carbocycles. The molecule has 2 amide bonds. The maximum atomic E-state index is 12.1. The summed E-state index contributed by atoms with van der Waals surface area (Å²) < 4.78 is 5.06. The van der Waals surface area contributed by atoms with Gasteiger partial charge >= 0.3 is 5.97 Å². The van der Waals surface area contributed by atoms with Gasteiger partial charge in [-0.3, -0.25) is 14.4 Å². The number of ether oxygens (including phenoxy) is 1. The second-order valence-electron chi connectivity index (χ2n) is 6.95. The summed E-state index contributed by atoms with van der Waals surface area (Å²) in [7, 11) is 0. The summed E-state index contributed by atoms with van der Waals surface area (Å²) in [6, 6.07) is 17.4. The molecule has 7 heteroatoms. The highest BCUT2D eigenvalue weighted by molar-refractivity contribution is 8.01. The fourth-order valence-corrected chi connectivity index (χ4v) is 4.09. The van der Waals surface area contributed by atoms with Crippen molar-refractivity contribution in [2.75, 3.05) is 11.9 Å². The van der Waals surface area contributed by atoms with Crippen molar-refractivity contribution in [1.82, 2.24) is 5.32 Å². The number of aryl methyl sites for hydroxylation is 1. The van der Waals surface area contributed by atoms with Gasteiger partial charge in [-0.15, -0.1) is 11.8 Å². The van der Waals surface area contributed by atoms with Gasteiger partial charge in [0.1, 0.15) is 0 Å². The number of thioether (sulfide) groups is 1. The van der Waals surface area contributed by atoms with Crippen LogP contribution in [0.5, 0.6) is 0 Å². The zero-order valence-electron chi connectivity index (χ0n) is 16.2. The molecule has 0 spiro atoms. The predicted molar refractivity (Wildman–Crippen MR) is 113 cm³/mol. The Bertz CT molecular complexity index is 872. The first-order valence-electron chi connectivity index (χ1n) is 9.56. The van der Waals surface area contributed by atoms with Gasteiger partial charge in [0.05, 0.1) is 17.4 Å². The SMILES string of the molecule is C[C@@H](CCc1ccccc1)NC(=O)COC(=O)C[C@@H]1Sc2ccccc2NC1=O. The van der Waals surface area contributed by atoms with E-state index in [1.165, 1.54) is 17.3 Å². The van der Waals surface area contributed by atoms with E-state index in [0.29, 0.717) is 0 Å². The number of benzene rings is 2. The highest BCUT2D eigenvalue weighted by atomic mass is 32.2. The van der Waals surface area contributed by atoms with Crippen molar-refractivity contribution in [3.63, 3.8) is 0 Å². The number of carbonyl (C=O) groups excluding carboxylic acids is 3. The summed E-state index contributed by atoms with van der Waals surface area (Å²) in [5.41, 5.74) is 1.96. The first-order chi connectivity index (χ1) is 14.0. The molecule has 0 aromatic heterocycles. The maximum absolute atomic E-state index is 12.1. The third kappa shape index (κ3) is 6.35. The van der Waals surface area contributed by atoms with Crippen molar-refractivity contribution in [3.8, 4) is 0 Å². The fraction of sp³-hybridized carbons (Fsp3) is 0.318. The predicted octanol–water partition coefficient (Wildman–Crippen LogP) is 3.17. The summed E-state index contributed by atoms with van der Waals surface area (Å²) in [5.74, 6) is -1.14. The number of anilines is 1. The molecule has 0 bridgehead atoms. The minimum Gasteiger partial charge on any atom is -0.456 e. The van der Waals surface area contributed by atoms with Crippen LogP contribution in [0.3, 0.4) is 0 Å². The van der Waals surface area contributed by atoms with Crippen LogP contribution in [0.25, 0.3) is 0 Å². The Morgan fingerprint density at radius 3 is 2.66 bits per heavy atom. The fourth-order valence-electron chi connectivity index (χ4n) is 3.00. The van der Waals surface area contributed by atoms with Gasteiger partial charge in [-0.25, -0.2) is 0 Å². The third-order valence-electron chi connectivity index (χ3n) is 4.54. The van der Waals surface area contributed by atoms with Gasteiger partial charge < -0.3 is 15.4 Å². The topological polar surface area (TPSA) is 84.5 Å². The normalized spacial score (nSPS) is 16.3. The zero-order valence-corrected chi connectivity index (χ0v) is 17.0. The van der Waals surface area contributed by atoms with Crippen LogP contribution in [0.15, 0.2) is 59.5 Å². The molecule has 2 aromatic carbocycles. The second kappa shape index (κ2) is 10.1. The van der Waals surface area contributed by atoms with E-state index in [9.17, 15) is 14.4 Å². The van der Waals surface area contributed by atoms with Gasteiger partial charge in [0.2, 0.25) is 5.91 Å². The zero-order chi connectivity index (χ0) is 20.6. The Morgan fingerprint density at radius 1 is 1.14 bits per heavy atom. The number of carbonyl (C=O) groups is 3. The molecular formula is C22H24N2O4S. The molecule has 0 saturated carbocycles. The van der Waals surface area contributed by atoms with Gasteiger partial charge in [-0.2, -0.15) is 0 Å². The molecule has 152 valence electrons. The minimum atomic E-state index is -0.566. The Balaban J connectivity index is 1.37. The van der Waals surface area contributed by atoms with Crippen molar-refractivity contribution in [2.45, 2.75) is 42.4 Å². The number of esters is 1. The van der Waals surface area contributed by atoms with Crippen molar-refractivity contribution in [3.05, 3.63) is 60.2 Å². The van der Waals surface area contributed by atoms with E-state index >= 15 is 0 Å². The van der Waals surface area contributed by atoms with Crippen molar-refractivity contribution in [1.29, 1.82) is 0 Å². The lowest BCUT2D eigenvalue weighted by Gasteiger charge is -2.23. The largest absolute Gasteiger partial charge is 0.456 e. The number of para-hydroxylation sites is 1. The molecule has 2 N–H and O–H groups in total. The third-order valence-corrected chi connectivity index (χ3v) is 5.81. The Morgan fingerprint density at radius 2 is 1.86 bits per heavy atom. The van der Waals surface area contributed by atoms with Crippen molar-refractivity contribution >= 4 is 35.2 Å². The number of hydrogen-bond acceptors (Lipinski definition) is 5. The summed E-state index contributed by atoms with van der Waals surface area (Å²) in [4.78, 5) is 37.1. The molecular weight excluding hydrogens is 388 g/mol. The van der Waals surface area contributed by atoms with E-state index in [4.69, 9.17) is 4.74 Å². The van der Waals surface area contributed by atoms with Gasteiger partial charge in [-0.1, -0.05) is 42.5 Å². The first kappa shape index (κ1) is 20.9. The molecule has 6 nitrogen and oxygen atoms in total. The highest BCUT2D eigenvalue weighted by Crippen LogP contribution is 2.36. The molecule has 0 unspecified atom stereocenters. The van der Waals surface area contributed by atoms with Crippen LogP contribution in [0.2, 0.25) is 0 Å². The van der Waals surface area contributed by atoms with E-state index in [1.807, 2.05) is 61.5 Å². The van der Waals surface area contributed by atoms with Crippen LogP contribution in [-0.4, -0.2) is 35.7 Å². The number of hydrogen-bond donors (Lipinski definition) is 2. The Hall–Kier alpha value is -2.80. The van der Waals surface area contributed by atoms with Gasteiger partial charge in [0, 0.05) is 10.9 Å². The lowest BCUT2D eigenvalue weighted by Crippen LogP contribution is -2.37. The van der Waals surface area contributed by atoms with Crippen LogP contribution in [0.4, 0.5) is 5.69 Å².